The molecule has 1 aromatic rings. The second-order valence-corrected chi connectivity index (χ2v) is 5.44. The summed E-state index contributed by atoms with van der Waals surface area (Å²) < 4.78 is 4.60. The first-order chi connectivity index (χ1) is 9.99. The van der Waals surface area contributed by atoms with Gasteiger partial charge in [-0.05, 0) is 18.2 Å². The molecule has 8 heteroatoms. The normalized spacial score (nSPS) is 17.3. The zero-order chi connectivity index (χ0) is 15.4. The molecule has 3 N–H and O–H groups in total. The summed E-state index contributed by atoms with van der Waals surface area (Å²) in [6.45, 7) is 0. The van der Waals surface area contributed by atoms with E-state index in [1.807, 2.05) is 0 Å². The Kier molecular flexibility index (Phi) is 4.59. The Morgan fingerprint density at radius 1 is 1.48 bits per heavy atom. The van der Waals surface area contributed by atoms with Crippen LogP contribution in [0.5, 0.6) is 0 Å². The minimum absolute atomic E-state index is 0.0316. The maximum absolute atomic E-state index is 11.9. The van der Waals surface area contributed by atoms with E-state index in [2.05, 4.69) is 15.0 Å². The highest BCUT2D eigenvalue weighted by Crippen LogP contribution is 2.23. The fourth-order valence-corrected chi connectivity index (χ4v) is 2.58. The molecule has 0 aromatic heterocycles. The van der Waals surface area contributed by atoms with Crippen molar-refractivity contribution in [3.8, 4) is 0 Å². The van der Waals surface area contributed by atoms with Crippen LogP contribution in [0.15, 0.2) is 29.3 Å². The Balaban J connectivity index is 1.97. The van der Waals surface area contributed by atoms with Gasteiger partial charge in [0, 0.05) is 12.1 Å². The number of amides is 2. The van der Waals surface area contributed by atoms with Gasteiger partial charge >= 0.3 is 5.97 Å². The van der Waals surface area contributed by atoms with Crippen LogP contribution in [0.1, 0.15) is 16.8 Å². The van der Waals surface area contributed by atoms with E-state index in [9.17, 15) is 14.4 Å². The Labute approximate surface area is 124 Å². The van der Waals surface area contributed by atoms with Crippen molar-refractivity contribution in [2.75, 3.05) is 12.4 Å². The average molecular weight is 307 g/mol. The number of rotatable bonds is 4. The van der Waals surface area contributed by atoms with E-state index in [0.717, 1.165) is 11.8 Å². The van der Waals surface area contributed by atoms with Gasteiger partial charge in [-0.15, -0.1) is 0 Å². The zero-order valence-corrected chi connectivity index (χ0v) is 12.0. The summed E-state index contributed by atoms with van der Waals surface area (Å²) in [6.07, 6.45) is -0.0316. The molecular weight excluding hydrogens is 294 g/mol. The number of carbonyl (C=O) groups is 3. The number of amidine groups is 1. The number of esters is 1. The SMILES string of the molecule is COC(=O)c1cccc(NC(=O)C[C@@H]2SC(N)=NC2=O)c1. The van der Waals surface area contributed by atoms with Crippen LogP contribution >= 0.6 is 11.8 Å². The number of aliphatic imine (C=N–C) groups is 1. The highest BCUT2D eigenvalue weighted by atomic mass is 32.2. The van der Waals surface area contributed by atoms with Crippen molar-refractivity contribution in [3.63, 3.8) is 0 Å². The first-order valence-corrected chi connectivity index (χ1v) is 6.90. The smallest absolute Gasteiger partial charge is 0.337 e. The molecule has 0 aliphatic carbocycles. The summed E-state index contributed by atoms with van der Waals surface area (Å²) in [5.41, 5.74) is 6.20. The number of benzene rings is 1. The molecule has 1 aromatic carbocycles. The van der Waals surface area contributed by atoms with Gasteiger partial charge in [-0.1, -0.05) is 17.8 Å². The lowest BCUT2D eigenvalue weighted by Gasteiger charge is -2.08. The fourth-order valence-electron chi connectivity index (χ4n) is 1.75. The maximum atomic E-state index is 11.9. The second kappa shape index (κ2) is 6.40. The van der Waals surface area contributed by atoms with Crippen LogP contribution in [0.2, 0.25) is 0 Å². The van der Waals surface area contributed by atoms with Gasteiger partial charge in [-0.2, -0.15) is 4.99 Å². The van der Waals surface area contributed by atoms with Crippen molar-refractivity contribution in [2.24, 2.45) is 10.7 Å². The van der Waals surface area contributed by atoms with Gasteiger partial charge in [0.1, 0.15) is 5.25 Å². The Morgan fingerprint density at radius 3 is 2.86 bits per heavy atom. The van der Waals surface area contributed by atoms with Crippen molar-refractivity contribution >= 4 is 40.4 Å². The molecule has 0 saturated carbocycles. The van der Waals surface area contributed by atoms with E-state index in [1.54, 1.807) is 18.2 Å². The molecule has 21 heavy (non-hydrogen) atoms. The van der Waals surface area contributed by atoms with Gasteiger partial charge in [0.25, 0.3) is 5.91 Å². The molecule has 0 bridgehead atoms. The van der Waals surface area contributed by atoms with Crippen LogP contribution in [0.3, 0.4) is 0 Å². The molecular formula is C13H13N3O4S. The van der Waals surface area contributed by atoms with Gasteiger partial charge in [-0.3, -0.25) is 9.59 Å². The summed E-state index contributed by atoms with van der Waals surface area (Å²) in [5.74, 6) is -1.25. The van der Waals surface area contributed by atoms with Crippen LogP contribution < -0.4 is 11.1 Å². The molecule has 110 valence electrons. The third-order valence-corrected chi connectivity index (χ3v) is 3.68. The molecule has 0 radical (unpaired) electrons. The molecule has 1 aliphatic heterocycles. The number of ether oxygens (including phenoxy) is 1. The van der Waals surface area contributed by atoms with Crippen LogP contribution in [-0.2, 0) is 14.3 Å². The minimum Gasteiger partial charge on any atom is -0.465 e. The summed E-state index contributed by atoms with van der Waals surface area (Å²) in [6, 6.07) is 6.34. The number of hydrogen-bond donors (Lipinski definition) is 2. The van der Waals surface area contributed by atoms with Gasteiger partial charge < -0.3 is 15.8 Å². The average Bonchev–Trinajstić information content (AvgIpc) is 2.76. The highest BCUT2D eigenvalue weighted by molar-refractivity contribution is 8.15. The predicted molar refractivity (Wildman–Crippen MR) is 79.0 cm³/mol. The molecule has 0 fully saturated rings. The number of nitrogens with zero attached hydrogens (tertiary/aromatic N) is 1. The highest BCUT2D eigenvalue weighted by Gasteiger charge is 2.29. The molecule has 1 atom stereocenters. The topological polar surface area (TPSA) is 111 Å². The van der Waals surface area contributed by atoms with Gasteiger partial charge in [0.15, 0.2) is 5.17 Å². The van der Waals surface area contributed by atoms with Crippen LogP contribution in [0.25, 0.3) is 0 Å². The van der Waals surface area contributed by atoms with Gasteiger partial charge in [0.05, 0.1) is 12.7 Å². The standard InChI is InChI=1S/C13H13N3O4S/c1-20-12(19)7-3-2-4-8(5-7)15-10(17)6-9-11(18)16-13(14)21-9/h2-5,9H,6H2,1H3,(H,15,17)(H2,14,16,18)/t9-/m0/s1. The van der Waals surface area contributed by atoms with Crippen molar-refractivity contribution in [1.29, 1.82) is 0 Å². The lowest BCUT2D eigenvalue weighted by Crippen LogP contribution is -2.21. The van der Waals surface area contributed by atoms with E-state index in [1.165, 1.54) is 13.2 Å². The summed E-state index contributed by atoms with van der Waals surface area (Å²) in [4.78, 5) is 38.3. The maximum Gasteiger partial charge on any atom is 0.337 e. The third-order valence-electron chi connectivity index (χ3n) is 2.70. The second-order valence-electron chi connectivity index (χ2n) is 4.22. The van der Waals surface area contributed by atoms with Gasteiger partial charge in [-0.25, -0.2) is 4.79 Å². The Morgan fingerprint density at radius 2 is 2.24 bits per heavy atom. The molecule has 0 saturated heterocycles. The first kappa shape index (κ1) is 15.0. The monoisotopic (exact) mass is 307 g/mol. The minimum atomic E-state index is -0.589. The van der Waals surface area contributed by atoms with Crippen molar-refractivity contribution in [2.45, 2.75) is 11.7 Å². The van der Waals surface area contributed by atoms with Gasteiger partial charge in [0.2, 0.25) is 5.91 Å². The van der Waals surface area contributed by atoms with E-state index < -0.39 is 17.1 Å². The predicted octanol–water partition coefficient (Wildman–Crippen LogP) is 0.758. The summed E-state index contributed by atoms with van der Waals surface area (Å²) >= 11 is 1.07. The fraction of sp³-hybridized carbons (Fsp3) is 0.231. The first-order valence-electron chi connectivity index (χ1n) is 6.02. The van der Waals surface area contributed by atoms with Crippen molar-refractivity contribution in [1.82, 2.24) is 0 Å². The van der Waals surface area contributed by atoms with E-state index in [-0.39, 0.29) is 17.5 Å². The number of nitrogens with one attached hydrogen (secondary N) is 1. The number of anilines is 1. The number of hydrogen-bond acceptors (Lipinski definition) is 6. The lowest BCUT2D eigenvalue weighted by molar-refractivity contribution is -0.121. The van der Waals surface area contributed by atoms with Crippen LogP contribution in [0.4, 0.5) is 5.69 Å². The molecule has 2 amide bonds. The third kappa shape index (κ3) is 3.82. The van der Waals surface area contributed by atoms with Crippen LogP contribution in [-0.4, -0.2) is 35.3 Å². The molecule has 1 heterocycles. The number of methoxy groups -OCH3 is 1. The molecule has 1 aliphatic rings. The van der Waals surface area contributed by atoms with Crippen molar-refractivity contribution in [3.05, 3.63) is 29.8 Å². The number of thioether (sulfide) groups is 1. The van der Waals surface area contributed by atoms with Crippen molar-refractivity contribution < 1.29 is 19.1 Å². The Hall–Kier alpha value is -2.35. The van der Waals surface area contributed by atoms with Crippen LogP contribution in [0, 0.1) is 0 Å². The Bertz CT molecular complexity index is 630. The number of nitrogens with two attached hydrogens (primary N) is 1. The quantitative estimate of drug-likeness (QED) is 0.794. The summed E-state index contributed by atoms with van der Waals surface area (Å²) in [5, 5.41) is 2.20. The molecule has 2 rings (SSSR count). The number of carbonyl (C=O) groups excluding carboxylic acids is 3. The summed E-state index contributed by atoms with van der Waals surface area (Å²) in [7, 11) is 1.28. The molecule has 0 spiro atoms. The van der Waals surface area contributed by atoms with E-state index in [0.29, 0.717) is 11.3 Å². The molecule has 7 nitrogen and oxygen atoms in total. The van der Waals surface area contributed by atoms with E-state index >= 15 is 0 Å². The largest absolute Gasteiger partial charge is 0.465 e. The lowest BCUT2D eigenvalue weighted by atomic mass is 10.2. The zero-order valence-electron chi connectivity index (χ0n) is 11.2. The van der Waals surface area contributed by atoms with E-state index in [4.69, 9.17) is 5.73 Å². The molecule has 0 unspecified atom stereocenters.